The second-order valence-corrected chi connectivity index (χ2v) is 4.93. The summed E-state index contributed by atoms with van der Waals surface area (Å²) in [6, 6.07) is 0. The molecular weight excluding hydrogens is 270 g/mol. The predicted octanol–water partition coefficient (Wildman–Crippen LogP) is 0.624. The number of rotatable bonds is 5. The van der Waals surface area contributed by atoms with Crippen LogP contribution in [-0.2, 0) is 11.3 Å². The van der Waals surface area contributed by atoms with Crippen molar-refractivity contribution in [2.45, 2.75) is 18.6 Å². The first-order valence-corrected chi connectivity index (χ1v) is 6.75. The van der Waals surface area contributed by atoms with Crippen molar-refractivity contribution in [1.82, 2.24) is 19.5 Å². The third kappa shape index (κ3) is 2.65. The van der Waals surface area contributed by atoms with Crippen LogP contribution in [0.4, 0.5) is 5.82 Å². The Bertz CT molecular complexity index is 651. The Kier molecular flexibility index (Phi) is 3.68. The zero-order chi connectivity index (χ0) is 14.7. The lowest BCUT2D eigenvalue weighted by atomic mass is 9.94. The van der Waals surface area contributed by atoms with Gasteiger partial charge in [0.05, 0.1) is 26.1 Å². The number of anilines is 1. The Balaban J connectivity index is 1.91. The highest BCUT2D eigenvalue weighted by molar-refractivity contribution is 5.64. The van der Waals surface area contributed by atoms with E-state index >= 15 is 0 Å². The Morgan fingerprint density at radius 1 is 1.33 bits per heavy atom. The molecule has 0 bridgehead atoms. The monoisotopic (exact) mass is 287 g/mol. The molecule has 110 valence electrons. The van der Waals surface area contributed by atoms with Gasteiger partial charge in [0.15, 0.2) is 5.82 Å². The Morgan fingerprint density at radius 2 is 2.24 bits per heavy atom. The standard InChI is InChI=1S/C14H17N5O2/c15-12-11-13(17-9-16-11)18-10-19(12)8-14(21-7-6-20)4-2-1-3-5-14/h1-4,9-10,20H,5-8,15H2. The second-order valence-electron chi connectivity index (χ2n) is 4.93. The van der Waals surface area contributed by atoms with Crippen molar-refractivity contribution in [3.05, 3.63) is 37.0 Å². The van der Waals surface area contributed by atoms with Crippen LogP contribution in [0.1, 0.15) is 6.42 Å². The summed E-state index contributed by atoms with van der Waals surface area (Å²) in [6.07, 6.45) is 11.7. The molecule has 3 N–H and O–H groups in total. The average molecular weight is 287 g/mol. The largest absolute Gasteiger partial charge is 0.394 e. The molecule has 1 unspecified atom stereocenters. The third-order valence-corrected chi connectivity index (χ3v) is 3.48. The molecule has 0 aromatic heterocycles. The van der Waals surface area contributed by atoms with Crippen LogP contribution in [0.25, 0.3) is 11.5 Å². The van der Waals surface area contributed by atoms with E-state index in [4.69, 9.17) is 15.6 Å². The molecule has 0 saturated heterocycles. The number of allylic oxidation sites excluding steroid dienone is 2. The van der Waals surface area contributed by atoms with Gasteiger partial charge in [-0.2, -0.15) is 0 Å². The van der Waals surface area contributed by atoms with Gasteiger partial charge in [-0.15, -0.1) is 0 Å². The predicted molar refractivity (Wildman–Crippen MR) is 77.5 cm³/mol. The smallest absolute Gasteiger partial charge is 0.184 e. The number of hydrogen-bond donors (Lipinski definition) is 2. The molecule has 7 nitrogen and oxygen atoms in total. The maximum atomic E-state index is 9.02. The van der Waals surface area contributed by atoms with Crippen molar-refractivity contribution < 1.29 is 9.84 Å². The maximum absolute atomic E-state index is 9.02. The highest BCUT2D eigenvalue weighted by Gasteiger charge is 2.30. The fourth-order valence-corrected chi connectivity index (χ4v) is 2.44. The minimum atomic E-state index is -0.536. The van der Waals surface area contributed by atoms with E-state index in [9.17, 15) is 0 Å². The highest BCUT2D eigenvalue weighted by atomic mass is 16.5. The molecule has 0 aromatic rings. The SMILES string of the molecule is Nc1c2ncnc-2ncn1CC1(OCCO)C=CC=CC1. The molecule has 0 amide bonds. The Morgan fingerprint density at radius 3 is 3.00 bits per heavy atom. The lowest BCUT2D eigenvalue weighted by Crippen LogP contribution is -2.37. The number of ether oxygens (including phenoxy) is 1. The summed E-state index contributed by atoms with van der Waals surface area (Å²) < 4.78 is 7.65. The Hall–Kier alpha value is -2.25. The summed E-state index contributed by atoms with van der Waals surface area (Å²) in [6.45, 7) is 0.741. The minimum absolute atomic E-state index is 0.0228. The van der Waals surface area contributed by atoms with Crippen LogP contribution in [0.15, 0.2) is 37.0 Å². The van der Waals surface area contributed by atoms with Gasteiger partial charge < -0.3 is 20.1 Å². The summed E-state index contributed by atoms with van der Waals surface area (Å²) in [5, 5.41) is 9.02. The normalized spacial score (nSPS) is 21.2. The van der Waals surface area contributed by atoms with Gasteiger partial charge >= 0.3 is 0 Å². The van der Waals surface area contributed by atoms with E-state index in [0.29, 0.717) is 30.3 Å². The first kappa shape index (κ1) is 13.7. The second kappa shape index (κ2) is 5.63. The Labute approximate surface area is 122 Å². The molecule has 3 aliphatic rings. The number of imidazole rings is 1. The molecule has 0 radical (unpaired) electrons. The van der Waals surface area contributed by atoms with Crippen LogP contribution in [-0.4, -0.2) is 43.4 Å². The molecule has 2 heterocycles. The number of nitrogens with two attached hydrogens (primary N) is 1. The van der Waals surface area contributed by atoms with E-state index in [0.717, 1.165) is 0 Å². The van der Waals surface area contributed by atoms with Crippen LogP contribution < -0.4 is 5.73 Å². The van der Waals surface area contributed by atoms with Crippen LogP contribution >= 0.6 is 0 Å². The number of aromatic nitrogens is 4. The van der Waals surface area contributed by atoms with Crippen LogP contribution in [0.5, 0.6) is 0 Å². The lowest BCUT2D eigenvalue weighted by molar-refractivity contribution is -0.0340. The summed E-state index contributed by atoms with van der Waals surface area (Å²) >= 11 is 0. The molecule has 1 aliphatic carbocycles. The van der Waals surface area contributed by atoms with Crippen molar-refractivity contribution >= 4 is 5.82 Å². The number of aliphatic hydroxyl groups excluding tert-OH is 1. The molecule has 0 spiro atoms. The van der Waals surface area contributed by atoms with Crippen molar-refractivity contribution in [2.24, 2.45) is 0 Å². The molecular formula is C14H17N5O2. The van der Waals surface area contributed by atoms with Gasteiger partial charge in [-0.25, -0.2) is 15.0 Å². The zero-order valence-corrected chi connectivity index (χ0v) is 11.5. The van der Waals surface area contributed by atoms with E-state index in [-0.39, 0.29) is 13.2 Å². The van der Waals surface area contributed by atoms with Crippen LogP contribution in [0.3, 0.4) is 0 Å². The van der Waals surface area contributed by atoms with Crippen molar-refractivity contribution in [1.29, 1.82) is 0 Å². The quantitative estimate of drug-likeness (QED) is 0.836. The molecule has 3 rings (SSSR count). The summed E-state index contributed by atoms with van der Waals surface area (Å²) in [7, 11) is 0. The molecule has 1 atom stereocenters. The topological polar surface area (TPSA) is 99.1 Å². The van der Waals surface area contributed by atoms with Crippen molar-refractivity contribution in [2.75, 3.05) is 18.9 Å². The molecule has 7 heteroatoms. The molecule has 0 aromatic carbocycles. The number of hydrogen-bond acceptors (Lipinski definition) is 6. The van der Waals surface area contributed by atoms with Gasteiger partial charge in [-0.05, 0) is 0 Å². The molecule has 2 aliphatic heterocycles. The third-order valence-electron chi connectivity index (χ3n) is 3.48. The number of nitrogens with zero attached hydrogens (tertiary/aromatic N) is 4. The van der Waals surface area contributed by atoms with E-state index < -0.39 is 5.60 Å². The van der Waals surface area contributed by atoms with Crippen LogP contribution in [0, 0.1) is 0 Å². The fourth-order valence-electron chi connectivity index (χ4n) is 2.44. The fraction of sp³-hybridized carbons (Fsp3) is 0.357. The summed E-state index contributed by atoms with van der Waals surface area (Å²) in [5.41, 5.74) is 6.19. The summed E-state index contributed by atoms with van der Waals surface area (Å²) in [5.74, 6) is 1.04. The van der Waals surface area contributed by atoms with E-state index in [1.807, 2.05) is 24.3 Å². The minimum Gasteiger partial charge on any atom is -0.394 e. The van der Waals surface area contributed by atoms with Gasteiger partial charge in [0, 0.05) is 6.42 Å². The van der Waals surface area contributed by atoms with Crippen molar-refractivity contribution in [3.8, 4) is 11.5 Å². The number of aliphatic hydroxyl groups is 1. The molecule has 21 heavy (non-hydrogen) atoms. The van der Waals surface area contributed by atoms with E-state index in [2.05, 4.69) is 15.0 Å². The van der Waals surface area contributed by atoms with Crippen molar-refractivity contribution in [3.63, 3.8) is 0 Å². The first-order chi connectivity index (χ1) is 10.2. The van der Waals surface area contributed by atoms with E-state index in [1.165, 1.54) is 6.33 Å². The van der Waals surface area contributed by atoms with Gasteiger partial charge in [0.25, 0.3) is 0 Å². The average Bonchev–Trinajstić information content (AvgIpc) is 2.99. The van der Waals surface area contributed by atoms with Gasteiger partial charge in [0.2, 0.25) is 0 Å². The van der Waals surface area contributed by atoms with Gasteiger partial charge in [-0.1, -0.05) is 24.3 Å². The zero-order valence-electron chi connectivity index (χ0n) is 11.5. The maximum Gasteiger partial charge on any atom is 0.184 e. The lowest BCUT2D eigenvalue weighted by Gasteiger charge is -2.32. The number of fused-ring (bicyclic) bond motifs is 1. The van der Waals surface area contributed by atoms with E-state index in [1.54, 1.807) is 10.9 Å². The van der Waals surface area contributed by atoms with Gasteiger partial charge in [-0.3, -0.25) is 0 Å². The first-order valence-electron chi connectivity index (χ1n) is 6.75. The summed E-state index contributed by atoms with van der Waals surface area (Å²) in [4.78, 5) is 12.4. The molecule has 0 saturated carbocycles. The highest BCUT2D eigenvalue weighted by Crippen LogP contribution is 2.28. The molecule has 0 fully saturated rings. The van der Waals surface area contributed by atoms with Crippen LogP contribution in [0.2, 0.25) is 0 Å². The number of nitrogen functional groups attached to an aromatic ring is 1. The van der Waals surface area contributed by atoms with Gasteiger partial charge in [0.1, 0.15) is 23.4 Å².